The Hall–Kier alpha value is -3.43. The molecular weight excluding hydrogens is 639 g/mol. The first-order valence-electron chi connectivity index (χ1n) is 16.2. The lowest BCUT2D eigenvalue weighted by molar-refractivity contribution is -0.144. The van der Waals surface area contributed by atoms with Crippen molar-refractivity contribution < 1.29 is 19.1 Å². The van der Waals surface area contributed by atoms with E-state index in [4.69, 9.17) is 43.5 Å². The third kappa shape index (κ3) is 8.00. The fourth-order valence-corrected chi connectivity index (χ4v) is 6.78. The van der Waals surface area contributed by atoms with E-state index in [1.807, 2.05) is 36.4 Å². The van der Waals surface area contributed by atoms with Crippen LogP contribution in [0.25, 0.3) is 11.3 Å². The van der Waals surface area contributed by atoms with Gasteiger partial charge in [-0.05, 0) is 49.2 Å². The molecule has 0 aliphatic carbocycles. The maximum atomic E-state index is 12.6. The van der Waals surface area contributed by atoms with Crippen molar-refractivity contribution in [1.29, 1.82) is 0 Å². The first-order valence-corrected chi connectivity index (χ1v) is 16.9. The summed E-state index contributed by atoms with van der Waals surface area (Å²) < 4.78 is 13.1. The average Bonchev–Trinajstić information content (AvgIpc) is 3.44. The van der Waals surface area contributed by atoms with Gasteiger partial charge in [0.1, 0.15) is 0 Å². The van der Waals surface area contributed by atoms with Crippen molar-refractivity contribution >= 4 is 35.0 Å². The van der Waals surface area contributed by atoms with Crippen molar-refractivity contribution in [2.24, 2.45) is 5.73 Å². The van der Waals surface area contributed by atoms with Crippen molar-refractivity contribution in [3.63, 3.8) is 0 Å². The van der Waals surface area contributed by atoms with Gasteiger partial charge in [0.15, 0.2) is 0 Å². The number of ether oxygens (including phenoxy) is 2. The van der Waals surface area contributed by atoms with E-state index in [-0.39, 0.29) is 6.54 Å². The number of nitrogens with two attached hydrogens (primary N) is 1. The molecule has 0 radical (unpaired) electrons. The monoisotopic (exact) mass is 678 g/mol. The van der Waals surface area contributed by atoms with Gasteiger partial charge in [-0.2, -0.15) is 5.10 Å². The largest absolute Gasteiger partial charge is 0.379 e. The molecule has 2 saturated heterocycles. The Labute approximate surface area is 285 Å². The van der Waals surface area contributed by atoms with Gasteiger partial charge >= 0.3 is 11.8 Å². The number of carbonyl (C=O) groups is 2. The topological polar surface area (TPSA) is 106 Å². The maximum absolute atomic E-state index is 12.6. The Morgan fingerprint density at radius 3 is 2.55 bits per heavy atom. The highest BCUT2D eigenvalue weighted by atomic mass is 35.5. The van der Waals surface area contributed by atoms with Crippen LogP contribution < -0.4 is 5.73 Å². The van der Waals surface area contributed by atoms with Gasteiger partial charge in [-0.1, -0.05) is 41.1 Å². The molecule has 3 aliphatic heterocycles. The van der Waals surface area contributed by atoms with E-state index in [1.54, 1.807) is 0 Å². The summed E-state index contributed by atoms with van der Waals surface area (Å²) in [6, 6.07) is 11.9. The lowest BCUT2D eigenvalue weighted by Crippen LogP contribution is -2.44. The van der Waals surface area contributed by atoms with Crippen LogP contribution >= 0.6 is 23.2 Å². The molecule has 3 aromatic rings. The molecule has 10 nitrogen and oxygen atoms in total. The van der Waals surface area contributed by atoms with Crippen LogP contribution in [0.2, 0.25) is 10.0 Å². The number of benzene rings is 2. The molecule has 2 amide bonds. The molecule has 1 atom stereocenters. The van der Waals surface area contributed by atoms with Crippen molar-refractivity contribution in [2.45, 2.75) is 45.4 Å². The lowest BCUT2D eigenvalue weighted by Gasteiger charge is -2.33. The van der Waals surface area contributed by atoms with Crippen LogP contribution in [0.4, 0.5) is 0 Å². The van der Waals surface area contributed by atoms with E-state index in [0.717, 1.165) is 106 Å². The van der Waals surface area contributed by atoms with Gasteiger partial charge in [0.05, 0.1) is 43.7 Å². The minimum atomic E-state index is -0.957. The van der Waals surface area contributed by atoms with Gasteiger partial charge < -0.3 is 20.1 Å². The molecule has 248 valence electrons. The van der Waals surface area contributed by atoms with Crippen LogP contribution in [0.5, 0.6) is 0 Å². The molecule has 1 unspecified atom stereocenters. The summed E-state index contributed by atoms with van der Waals surface area (Å²) in [6.45, 7) is 10.9. The fraction of sp³-hybridized carbons (Fsp3) is 0.457. The van der Waals surface area contributed by atoms with Crippen LogP contribution in [-0.4, -0.2) is 101 Å². The Bertz CT molecular complexity index is 1690. The zero-order chi connectivity index (χ0) is 32.9. The third-order valence-electron chi connectivity index (χ3n) is 9.08. The Balaban J connectivity index is 1.26. The molecule has 0 saturated carbocycles. The van der Waals surface area contributed by atoms with E-state index in [1.165, 1.54) is 4.90 Å². The summed E-state index contributed by atoms with van der Waals surface area (Å²) in [7, 11) is 0. The molecular formula is C35H40Cl2N6O4. The van der Waals surface area contributed by atoms with Gasteiger partial charge in [0, 0.05) is 91.2 Å². The maximum Gasteiger partial charge on any atom is 0.311 e. The predicted molar refractivity (Wildman–Crippen MR) is 181 cm³/mol. The molecule has 2 fully saturated rings. The van der Waals surface area contributed by atoms with E-state index < -0.39 is 11.8 Å². The molecule has 2 N–H and O–H groups in total. The lowest BCUT2D eigenvalue weighted by atomic mass is 9.99. The first kappa shape index (κ1) is 33.5. The number of halogens is 2. The number of carbonyl (C=O) groups excluding carboxylic acids is 2. The van der Waals surface area contributed by atoms with Crippen LogP contribution in [0.3, 0.4) is 0 Å². The molecule has 4 heterocycles. The van der Waals surface area contributed by atoms with Crippen molar-refractivity contribution in [3.8, 4) is 23.1 Å². The van der Waals surface area contributed by atoms with Crippen LogP contribution in [-0.2, 0) is 45.1 Å². The number of morpholine rings is 2. The zero-order valence-electron chi connectivity index (χ0n) is 26.6. The van der Waals surface area contributed by atoms with Crippen LogP contribution in [0.1, 0.15) is 41.3 Å². The second-order valence-electron chi connectivity index (χ2n) is 12.3. The summed E-state index contributed by atoms with van der Waals surface area (Å²) in [5.41, 5.74) is 11.5. The van der Waals surface area contributed by atoms with Crippen molar-refractivity contribution in [1.82, 2.24) is 24.5 Å². The fourth-order valence-electron chi connectivity index (χ4n) is 6.44. The van der Waals surface area contributed by atoms with Gasteiger partial charge in [0.2, 0.25) is 0 Å². The third-order valence-corrected chi connectivity index (χ3v) is 9.78. The predicted octanol–water partition coefficient (Wildman–Crippen LogP) is 3.57. The van der Waals surface area contributed by atoms with Gasteiger partial charge in [-0.3, -0.25) is 24.1 Å². The van der Waals surface area contributed by atoms with E-state index in [2.05, 4.69) is 33.2 Å². The summed E-state index contributed by atoms with van der Waals surface area (Å²) >= 11 is 13.2. The minimum Gasteiger partial charge on any atom is -0.379 e. The van der Waals surface area contributed by atoms with Crippen LogP contribution in [0, 0.1) is 11.8 Å². The van der Waals surface area contributed by atoms with E-state index >= 15 is 0 Å². The van der Waals surface area contributed by atoms with Crippen molar-refractivity contribution in [2.75, 3.05) is 59.2 Å². The summed E-state index contributed by atoms with van der Waals surface area (Å²) in [5, 5.41) is 6.31. The normalized spacial score (nSPS) is 18.8. The first-order chi connectivity index (χ1) is 22.8. The Morgan fingerprint density at radius 1 is 0.979 bits per heavy atom. The quantitative estimate of drug-likeness (QED) is 0.301. The summed E-state index contributed by atoms with van der Waals surface area (Å²) in [5.74, 6) is 4.89. The smallest absolute Gasteiger partial charge is 0.311 e. The molecule has 6 rings (SSSR count). The summed E-state index contributed by atoms with van der Waals surface area (Å²) in [6.07, 6.45) is 1.51. The highest BCUT2D eigenvalue weighted by molar-refractivity contribution is 6.34. The molecule has 47 heavy (non-hydrogen) atoms. The number of primary amides is 1. The molecule has 1 aromatic heterocycles. The van der Waals surface area contributed by atoms with Gasteiger partial charge in [0.25, 0.3) is 0 Å². The van der Waals surface area contributed by atoms with E-state index in [9.17, 15) is 9.59 Å². The Morgan fingerprint density at radius 2 is 1.77 bits per heavy atom. The van der Waals surface area contributed by atoms with E-state index in [0.29, 0.717) is 34.6 Å². The SMILES string of the molecule is CC1COCCN1CCCn1nc(-c2ccc(Cl)c(C#Cc3ccc(Cl)c(CN4CCOCC4)c3)c2)c2c1CCN(C(=O)C(N)=O)C2. The average molecular weight is 680 g/mol. The highest BCUT2D eigenvalue weighted by Crippen LogP contribution is 2.32. The number of fused-ring (bicyclic) bond motifs is 1. The van der Waals surface area contributed by atoms with Crippen LogP contribution in [0.15, 0.2) is 36.4 Å². The zero-order valence-corrected chi connectivity index (χ0v) is 28.2. The minimum absolute atomic E-state index is 0.257. The molecule has 12 heteroatoms. The highest BCUT2D eigenvalue weighted by Gasteiger charge is 2.30. The second kappa shape index (κ2) is 15.2. The number of rotatable bonds is 7. The number of hydrogen-bond donors (Lipinski definition) is 1. The number of aromatic nitrogens is 2. The number of aryl methyl sites for hydroxylation is 1. The van der Waals surface area contributed by atoms with Gasteiger partial charge in [-0.15, -0.1) is 0 Å². The molecule has 3 aliphatic rings. The van der Waals surface area contributed by atoms with Crippen molar-refractivity contribution in [3.05, 3.63) is 74.4 Å². The number of hydrogen-bond acceptors (Lipinski definition) is 7. The standard InChI is InChI=1S/C35H40Cl2N6O4/c1-24-23-47-18-15-41(24)10-2-11-43-32-9-12-42(35(45)34(38)44)22-29(32)33(39-43)27-6-8-30(36)26(20-27)5-3-25-4-7-31(37)28(19-25)21-40-13-16-46-17-14-40/h4,6-8,19-20,24H,2,9-18,21-23H2,1H3,(H2,38,44). The number of nitrogens with zero attached hydrogens (tertiary/aromatic N) is 5. The second-order valence-corrected chi connectivity index (χ2v) is 13.1. The summed E-state index contributed by atoms with van der Waals surface area (Å²) in [4.78, 5) is 30.6. The molecule has 0 bridgehead atoms. The van der Waals surface area contributed by atoms with Gasteiger partial charge in [-0.25, -0.2) is 0 Å². The molecule has 2 aromatic carbocycles. The Kier molecular flexibility index (Phi) is 10.8. The number of amides is 2. The molecule has 0 spiro atoms.